The lowest BCUT2D eigenvalue weighted by molar-refractivity contribution is -0.0446. The summed E-state index contributed by atoms with van der Waals surface area (Å²) in [4.78, 5) is 11.4. The van der Waals surface area contributed by atoms with Crippen molar-refractivity contribution in [3.8, 4) is 0 Å². The third-order valence-electron chi connectivity index (χ3n) is 2.47. The van der Waals surface area contributed by atoms with E-state index in [1.54, 1.807) is 0 Å². The van der Waals surface area contributed by atoms with Crippen molar-refractivity contribution in [2.75, 3.05) is 0 Å². The summed E-state index contributed by atoms with van der Waals surface area (Å²) >= 11 is 0. The molecular formula is C12H24N2O3. The van der Waals surface area contributed by atoms with Crippen LogP contribution in [-0.2, 0) is 9.47 Å². The van der Waals surface area contributed by atoms with Gasteiger partial charge in [0, 0.05) is 6.04 Å². The van der Waals surface area contributed by atoms with Crippen LogP contribution in [0.15, 0.2) is 0 Å². The van der Waals surface area contributed by atoms with Crippen molar-refractivity contribution in [2.24, 2.45) is 0 Å². The highest BCUT2D eigenvalue weighted by Gasteiger charge is 2.25. The molecule has 1 aliphatic rings. The molecule has 0 radical (unpaired) electrons. The first kappa shape index (κ1) is 14.3. The Morgan fingerprint density at radius 1 is 1.24 bits per heavy atom. The van der Waals surface area contributed by atoms with Crippen LogP contribution >= 0.6 is 0 Å². The topological polar surface area (TPSA) is 59.6 Å². The van der Waals surface area contributed by atoms with Gasteiger partial charge in [-0.1, -0.05) is 0 Å². The quantitative estimate of drug-likeness (QED) is 0.729. The average Bonchev–Trinajstić information content (AvgIpc) is 2.10. The smallest absolute Gasteiger partial charge is 0.422 e. The normalized spacial score (nSPS) is 29.8. The molecule has 1 saturated heterocycles. The number of rotatable bonds is 2. The Bertz CT molecular complexity index is 253. The zero-order chi connectivity index (χ0) is 13.1. The van der Waals surface area contributed by atoms with E-state index in [2.05, 4.69) is 10.9 Å². The van der Waals surface area contributed by atoms with Crippen molar-refractivity contribution < 1.29 is 14.3 Å². The van der Waals surface area contributed by atoms with Crippen LogP contribution in [0.5, 0.6) is 0 Å². The van der Waals surface area contributed by atoms with Crippen LogP contribution in [0.3, 0.4) is 0 Å². The molecule has 100 valence electrons. The summed E-state index contributed by atoms with van der Waals surface area (Å²) in [5.74, 6) is 0. The second kappa shape index (κ2) is 5.69. The van der Waals surface area contributed by atoms with Crippen molar-refractivity contribution in [3.63, 3.8) is 0 Å². The first-order valence-electron chi connectivity index (χ1n) is 6.16. The van der Waals surface area contributed by atoms with Crippen molar-refractivity contribution >= 4 is 6.09 Å². The predicted molar refractivity (Wildman–Crippen MR) is 65.5 cm³/mol. The highest BCUT2D eigenvalue weighted by atomic mass is 16.6. The molecule has 1 aliphatic heterocycles. The van der Waals surface area contributed by atoms with E-state index < -0.39 is 11.7 Å². The average molecular weight is 244 g/mol. The largest absolute Gasteiger partial charge is 0.443 e. The number of hydrogen-bond acceptors (Lipinski definition) is 4. The van der Waals surface area contributed by atoms with Gasteiger partial charge in [0.15, 0.2) is 0 Å². The van der Waals surface area contributed by atoms with Gasteiger partial charge in [0.2, 0.25) is 0 Å². The van der Waals surface area contributed by atoms with Crippen LogP contribution < -0.4 is 10.9 Å². The fraction of sp³-hybridized carbons (Fsp3) is 0.917. The molecule has 5 nitrogen and oxygen atoms in total. The second-order valence-corrected chi connectivity index (χ2v) is 5.70. The van der Waals surface area contributed by atoms with Gasteiger partial charge in [-0.05, 0) is 47.5 Å². The minimum Gasteiger partial charge on any atom is -0.443 e. The molecule has 1 rings (SSSR count). The molecule has 0 saturated carbocycles. The van der Waals surface area contributed by atoms with Gasteiger partial charge in [-0.15, -0.1) is 0 Å². The Kier molecular flexibility index (Phi) is 4.77. The van der Waals surface area contributed by atoms with E-state index in [1.165, 1.54) is 0 Å². The molecular weight excluding hydrogens is 220 g/mol. The minimum absolute atomic E-state index is 0.219. The molecule has 1 amide bonds. The predicted octanol–water partition coefficient (Wildman–Crippen LogP) is 1.97. The summed E-state index contributed by atoms with van der Waals surface area (Å²) in [6.07, 6.45) is 1.78. The number of nitrogens with one attached hydrogen (secondary N) is 2. The van der Waals surface area contributed by atoms with Crippen LogP contribution in [0.4, 0.5) is 4.79 Å². The minimum atomic E-state index is -0.470. The molecule has 0 aromatic rings. The number of amides is 1. The van der Waals surface area contributed by atoms with Crippen LogP contribution in [0, 0.1) is 0 Å². The standard InChI is InChI=1S/C12H24N2O3/c1-8-6-10(7-9(2)16-8)13-14-11(15)17-12(3,4)5/h8-10,13H,6-7H2,1-5H3,(H,14,15). The van der Waals surface area contributed by atoms with E-state index in [0.29, 0.717) is 0 Å². The molecule has 17 heavy (non-hydrogen) atoms. The van der Waals surface area contributed by atoms with Gasteiger partial charge in [-0.2, -0.15) is 0 Å². The molecule has 0 aliphatic carbocycles. The fourth-order valence-corrected chi connectivity index (χ4v) is 1.99. The zero-order valence-corrected chi connectivity index (χ0v) is 11.4. The maximum Gasteiger partial charge on any atom is 0.422 e. The summed E-state index contributed by atoms with van der Waals surface area (Å²) in [6.45, 7) is 9.59. The van der Waals surface area contributed by atoms with E-state index in [1.807, 2.05) is 34.6 Å². The maximum atomic E-state index is 11.4. The van der Waals surface area contributed by atoms with Gasteiger partial charge in [-0.25, -0.2) is 10.2 Å². The van der Waals surface area contributed by atoms with Crippen molar-refractivity contribution in [1.29, 1.82) is 0 Å². The highest BCUT2D eigenvalue weighted by Crippen LogP contribution is 2.18. The Labute approximate surface area is 103 Å². The number of hydrogen-bond donors (Lipinski definition) is 2. The van der Waals surface area contributed by atoms with Gasteiger partial charge in [0.05, 0.1) is 12.2 Å². The number of hydrazine groups is 1. The molecule has 2 unspecified atom stereocenters. The van der Waals surface area contributed by atoms with Crippen molar-refractivity contribution in [2.45, 2.75) is 71.3 Å². The van der Waals surface area contributed by atoms with Gasteiger partial charge < -0.3 is 9.47 Å². The van der Waals surface area contributed by atoms with Crippen LogP contribution in [0.2, 0.25) is 0 Å². The Balaban J connectivity index is 2.28. The van der Waals surface area contributed by atoms with Gasteiger partial charge in [0.1, 0.15) is 5.60 Å². The molecule has 2 atom stereocenters. The highest BCUT2D eigenvalue weighted by molar-refractivity contribution is 5.67. The molecule has 1 fully saturated rings. The fourth-order valence-electron chi connectivity index (χ4n) is 1.99. The summed E-state index contributed by atoms with van der Waals surface area (Å²) in [5.41, 5.74) is 5.11. The number of carbonyl (C=O) groups excluding carboxylic acids is 1. The van der Waals surface area contributed by atoms with E-state index in [4.69, 9.17) is 9.47 Å². The van der Waals surface area contributed by atoms with E-state index in [-0.39, 0.29) is 18.2 Å². The molecule has 0 aromatic carbocycles. The monoisotopic (exact) mass is 244 g/mol. The number of ether oxygens (including phenoxy) is 2. The van der Waals surface area contributed by atoms with Crippen LogP contribution in [0.25, 0.3) is 0 Å². The zero-order valence-electron chi connectivity index (χ0n) is 11.4. The van der Waals surface area contributed by atoms with E-state index >= 15 is 0 Å². The maximum absolute atomic E-state index is 11.4. The van der Waals surface area contributed by atoms with Gasteiger partial charge in [-0.3, -0.25) is 5.43 Å². The lowest BCUT2D eigenvalue weighted by Crippen LogP contribution is -2.50. The van der Waals surface area contributed by atoms with Crippen molar-refractivity contribution in [1.82, 2.24) is 10.9 Å². The first-order valence-corrected chi connectivity index (χ1v) is 6.16. The molecule has 0 spiro atoms. The summed E-state index contributed by atoms with van der Waals surface area (Å²) in [6, 6.07) is 0.237. The summed E-state index contributed by atoms with van der Waals surface area (Å²) < 4.78 is 10.8. The molecule has 2 N–H and O–H groups in total. The molecule has 0 bridgehead atoms. The third-order valence-corrected chi connectivity index (χ3v) is 2.47. The molecule has 5 heteroatoms. The van der Waals surface area contributed by atoms with Crippen molar-refractivity contribution in [3.05, 3.63) is 0 Å². The summed E-state index contributed by atoms with van der Waals surface area (Å²) in [7, 11) is 0. The molecule has 1 heterocycles. The lowest BCUT2D eigenvalue weighted by atomic mass is 10.0. The van der Waals surface area contributed by atoms with Crippen LogP contribution in [0.1, 0.15) is 47.5 Å². The third kappa shape index (κ3) is 5.89. The first-order chi connectivity index (χ1) is 7.76. The Hall–Kier alpha value is -0.810. The lowest BCUT2D eigenvalue weighted by Gasteiger charge is -2.32. The summed E-state index contributed by atoms with van der Waals surface area (Å²) in [5, 5.41) is 0. The van der Waals surface area contributed by atoms with Gasteiger partial charge in [0.25, 0.3) is 0 Å². The Morgan fingerprint density at radius 2 is 1.76 bits per heavy atom. The molecule has 0 aromatic heterocycles. The number of carbonyl (C=O) groups is 1. The van der Waals surface area contributed by atoms with Gasteiger partial charge >= 0.3 is 6.09 Å². The van der Waals surface area contributed by atoms with E-state index in [9.17, 15) is 4.79 Å². The Morgan fingerprint density at radius 3 is 2.24 bits per heavy atom. The SMILES string of the molecule is CC1CC(NNC(=O)OC(C)(C)C)CC(C)O1. The van der Waals surface area contributed by atoms with Crippen LogP contribution in [-0.4, -0.2) is 29.9 Å². The second-order valence-electron chi connectivity index (χ2n) is 5.70. The van der Waals surface area contributed by atoms with E-state index in [0.717, 1.165) is 12.8 Å².